The fourth-order valence-electron chi connectivity index (χ4n) is 12.5. The highest BCUT2D eigenvalue weighted by atomic mass is 35.5. The summed E-state index contributed by atoms with van der Waals surface area (Å²) in [6.07, 6.45) is 25.0. The van der Waals surface area contributed by atoms with Gasteiger partial charge in [-0.2, -0.15) is 19.2 Å². The number of aliphatic hydroxyl groups excluding tert-OH is 2. The van der Waals surface area contributed by atoms with Gasteiger partial charge in [-0.15, -0.1) is 6.42 Å². The molecule has 6 aromatic heterocycles. The van der Waals surface area contributed by atoms with Gasteiger partial charge in [0.15, 0.2) is 11.3 Å². The lowest BCUT2D eigenvalue weighted by Crippen LogP contribution is -2.33. The van der Waals surface area contributed by atoms with E-state index in [0.717, 1.165) is 125 Å². The Balaban J connectivity index is 0.000000218. The maximum Gasteiger partial charge on any atom is 0.165 e. The third-order valence-corrected chi connectivity index (χ3v) is 24.7. The minimum Gasteiger partial charge on any atom is -0.384 e. The molecule has 484 valence electrons. The predicted octanol–water partition coefficient (Wildman–Crippen LogP) is 14.6. The van der Waals surface area contributed by atoms with Crippen molar-refractivity contribution in [3.8, 4) is 46.4 Å². The van der Waals surface area contributed by atoms with Gasteiger partial charge in [0.2, 0.25) is 0 Å². The highest BCUT2D eigenvalue weighted by Crippen LogP contribution is 2.50. The number of anilines is 2. The SMILES string of the molecule is C#CCO.C[Si](C)(C)CCOCN(COCC[Si](C)(C)C)c1cc(C2C[C@H]3CC[C@@H](C2)C3)nc2c(-c3ccc(C#CCO)nc3)cnn12.C[Si](C)(C)CCOCN(COCC[Si](C)(C)C)c1cc(C2C[C@H]3CC[C@@H](C2)C3)nc2c(-c3ccc(Cl)nc3)cnn12. The molecule has 0 saturated heterocycles. The molecule has 6 atom stereocenters. The second kappa shape index (κ2) is 32.2. The summed E-state index contributed by atoms with van der Waals surface area (Å²) in [7, 11) is -4.82. The molecule has 2 N–H and O–H groups in total. The predicted molar refractivity (Wildman–Crippen MR) is 374 cm³/mol. The summed E-state index contributed by atoms with van der Waals surface area (Å²) >= 11 is 6.12. The summed E-state index contributed by atoms with van der Waals surface area (Å²) < 4.78 is 29.2. The van der Waals surface area contributed by atoms with Gasteiger partial charge in [0.05, 0.1) is 12.4 Å². The molecular weight excluding hydrogens is 1200 g/mol. The summed E-state index contributed by atoms with van der Waals surface area (Å²) in [6, 6.07) is 16.8. The van der Waals surface area contributed by atoms with Crippen molar-refractivity contribution in [2.24, 2.45) is 23.7 Å². The van der Waals surface area contributed by atoms with Gasteiger partial charge >= 0.3 is 0 Å². The van der Waals surface area contributed by atoms with E-state index in [-0.39, 0.29) is 13.2 Å². The summed E-state index contributed by atoms with van der Waals surface area (Å²) in [5, 5.41) is 26.9. The zero-order valence-corrected chi connectivity index (χ0v) is 60.4. The van der Waals surface area contributed by atoms with Gasteiger partial charge in [0.1, 0.15) is 62.6 Å². The molecule has 89 heavy (non-hydrogen) atoms. The highest BCUT2D eigenvalue weighted by Gasteiger charge is 2.38. The van der Waals surface area contributed by atoms with Crippen molar-refractivity contribution in [3.63, 3.8) is 0 Å². The molecule has 16 nitrogen and oxygen atoms in total. The third kappa shape index (κ3) is 21.4. The van der Waals surface area contributed by atoms with E-state index in [9.17, 15) is 0 Å². The van der Waals surface area contributed by atoms with Crippen molar-refractivity contribution in [2.45, 2.75) is 179 Å². The van der Waals surface area contributed by atoms with Gasteiger partial charge in [-0.25, -0.2) is 19.9 Å². The number of halogens is 1. The number of pyridine rings is 2. The number of terminal acetylenes is 1. The van der Waals surface area contributed by atoms with E-state index in [1.165, 1.54) is 69.9 Å². The normalized spacial score (nSPS) is 19.9. The Bertz CT molecular complexity index is 3240. The molecule has 10 rings (SSSR count). The number of aliphatic hydroxyl groups is 2. The first-order chi connectivity index (χ1) is 42.4. The molecule has 2 unspecified atom stereocenters. The van der Waals surface area contributed by atoms with Crippen LogP contribution in [-0.2, 0) is 18.9 Å². The van der Waals surface area contributed by atoms with Crippen LogP contribution in [0.4, 0.5) is 11.6 Å². The molecule has 6 heterocycles. The Morgan fingerprint density at radius 1 is 0.528 bits per heavy atom. The van der Waals surface area contributed by atoms with Gasteiger partial charge in [0, 0.05) is 129 Å². The molecule has 0 aromatic carbocycles. The largest absolute Gasteiger partial charge is 0.384 e. The van der Waals surface area contributed by atoms with E-state index in [1.807, 2.05) is 64.0 Å². The van der Waals surface area contributed by atoms with E-state index in [1.54, 1.807) is 0 Å². The molecule has 4 saturated carbocycles. The highest BCUT2D eigenvalue weighted by molar-refractivity contribution is 6.77. The first-order valence-electron chi connectivity index (χ1n) is 32.7. The summed E-state index contributed by atoms with van der Waals surface area (Å²) in [5.74, 6) is 13.7. The maximum absolute atomic E-state index is 9.06. The number of fused-ring (bicyclic) bond motifs is 6. The fraction of sp³-hybridized carbons (Fsp3) is 0.618. The van der Waals surface area contributed by atoms with Crippen LogP contribution in [-0.4, -0.2) is 148 Å². The zero-order valence-electron chi connectivity index (χ0n) is 55.7. The molecule has 21 heteroatoms. The lowest BCUT2D eigenvalue weighted by atomic mass is 9.79. The standard InChI is InChI=1S/C34H51N5O3Si2.C31H48ClN5O2Si2.C3H4O/c1-43(2,3)16-14-41-24-38(25-42-15-17-44(4,5)6)33-21-32(29-19-26-9-10-27(18-26)20-29)37-34-31(23-36-39(33)34)28-11-12-30(35-22-28)8-7-13-40;1-40(2,3)13-11-38-21-36(22-39-12-14-41(4,5)6)30-18-28(26-16-23-7-8-24(15-23)17-26)35-31-27(20-34-37(30)31)25-9-10-29(32)33-19-25;1-2-3-4/h11-12,21-23,26-27,29,40H,9-10,13-20,24-25H2,1-6H3;9-10,18-20,23-24,26H,7-8,11-17,21-22H2,1-6H3;1,4H,3H2/t26-,27+,29?;23-,24+,26?;. The topological polar surface area (TPSA) is 170 Å². The summed E-state index contributed by atoms with van der Waals surface area (Å²) in [5.41, 5.74) is 8.46. The monoisotopic (exact) mass is 1300 g/mol. The van der Waals surface area contributed by atoms with Gasteiger partial charge in [-0.1, -0.05) is 128 Å². The molecule has 4 bridgehead atoms. The van der Waals surface area contributed by atoms with Crippen molar-refractivity contribution in [1.82, 2.24) is 39.2 Å². The molecule has 4 fully saturated rings. The van der Waals surface area contributed by atoms with Crippen molar-refractivity contribution >= 4 is 66.8 Å². The molecule has 6 aromatic rings. The smallest absolute Gasteiger partial charge is 0.165 e. The Kier molecular flexibility index (Phi) is 25.3. The molecule has 0 amide bonds. The van der Waals surface area contributed by atoms with Crippen LogP contribution in [0.3, 0.4) is 0 Å². The fourth-order valence-corrected chi connectivity index (χ4v) is 15.7. The van der Waals surface area contributed by atoms with Crippen molar-refractivity contribution in [3.05, 3.63) is 83.4 Å². The average molecular weight is 1300 g/mol. The van der Waals surface area contributed by atoms with Crippen LogP contribution < -0.4 is 9.80 Å². The quantitative estimate of drug-likeness (QED) is 0.0173. The van der Waals surface area contributed by atoms with Crippen LogP contribution in [0.1, 0.15) is 93.1 Å². The summed E-state index contributed by atoms with van der Waals surface area (Å²) in [6.45, 7) is 33.1. The minimum absolute atomic E-state index is 0.153. The van der Waals surface area contributed by atoms with Gasteiger partial charge in [-0.05, 0) is 117 Å². The van der Waals surface area contributed by atoms with Crippen molar-refractivity contribution in [1.29, 1.82) is 0 Å². The number of rotatable bonds is 26. The number of aromatic nitrogens is 8. The zero-order chi connectivity index (χ0) is 63.9. The second-order valence-electron chi connectivity index (χ2n) is 30.2. The van der Waals surface area contributed by atoms with Crippen LogP contribution in [0.2, 0.25) is 108 Å². The first kappa shape index (κ1) is 70.1. The first-order valence-corrected chi connectivity index (χ1v) is 47.9. The summed E-state index contributed by atoms with van der Waals surface area (Å²) in [4.78, 5) is 23.9. The third-order valence-electron chi connectivity index (χ3n) is 17.7. The Labute approximate surface area is 540 Å². The number of nitrogens with zero attached hydrogens (tertiary/aromatic N) is 10. The van der Waals surface area contributed by atoms with Gasteiger partial charge in [-0.3, -0.25) is 0 Å². The average Bonchev–Trinajstić information content (AvgIpc) is 1.87. The number of ether oxygens (including phenoxy) is 4. The lowest BCUT2D eigenvalue weighted by Gasteiger charge is -2.30. The lowest BCUT2D eigenvalue weighted by molar-refractivity contribution is 0.0940. The van der Waals surface area contributed by atoms with E-state index < -0.39 is 32.3 Å². The Morgan fingerprint density at radius 3 is 1.21 bits per heavy atom. The van der Waals surface area contributed by atoms with E-state index in [4.69, 9.17) is 60.9 Å². The van der Waals surface area contributed by atoms with Crippen LogP contribution in [0.5, 0.6) is 0 Å². The number of hydrogen-bond donors (Lipinski definition) is 2. The molecule has 4 aliphatic rings. The van der Waals surface area contributed by atoms with Gasteiger partial charge in [0.25, 0.3) is 0 Å². The number of hydrogen-bond acceptors (Lipinski definition) is 14. The Hall–Kier alpha value is -4.82. The van der Waals surface area contributed by atoms with Crippen LogP contribution in [0.25, 0.3) is 33.5 Å². The van der Waals surface area contributed by atoms with E-state index in [0.29, 0.717) is 49.6 Å². The molecule has 0 aliphatic heterocycles. The van der Waals surface area contributed by atoms with Crippen LogP contribution in [0, 0.1) is 47.9 Å². The van der Waals surface area contributed by atoms with Crippen molar-refractivity contribution < 1.29 is 29.2 Å². The van der Waals surface area contributed by atoms with Crippen LogP contribution in [0.15, 0.2) is 61.2 Å². The van der Waals surface area contributed by atoms with Crippen LogP contribution >= 0.6 is 11.6 Å². The maximum atomic E-state index is 9.06. The molecular formula is C68H103ClN10O6Si4. The Morgan fingerprint density at radius 2 is 0.899 bits per heavy atom. The molecule has 4 aliphatic carbocycles. The molecule has 0 spiro atoms. The van der Waals surface area contributed by atoms with E-state index in [2.05, 4.69) is 129 Å². The van der Waals surface area contributed by atoms with Gasteiger partial charge < -0.3 is 39.0 Å². The van der Waals surface area contributed by atoms with E-state index >= 15 is 0 Å². The minimum atomic E-state index is -1.21. The van der Waals surface area contributed by atoms with Crippen molar-refractivity contribution in [2.75, 3.05) is 76.4 Å². The second-order valence-corrected chi connectivity index (χ2v) is 53.1. The molecule has 0 radical (unpaired) electrons.